The van der Waals surface area contributed by atoms with Gasteiger partial charge in [0.2, 0.25) is 0 Å². The molecule has 0 rings (SSSR count). The summed E-state index contributed by atoms with van der Waals surface area (Å²) in [5.41, 5.74) is 1.28. The van der Waals surface area contributed by atoms with Crippen molar-refractivity contribution in [2.45, 2.75) is 27.7 Å². The number of hydrogen-bond acceptors (Lipinski definition) is 2. The van der Waals surface area contributed by atoms with E-state index in [9.17, 15) is 0 Å². The van der Waals surface area contributed by atoms with Gasteiger partial charge in [-0.25, -0.2) is 0 Å². The smallest absolute Gasteiger partial charge is 0.0203 e. The highest BCUT2D eigenvalue weighted by Gasteiger charge is 2.10. The van der Waals surface area contributed by atoms with Crippen molar-refractivity contribution in [1.82, 2.24) is 10.2 Å². The van der Waals surface area contributed by atoms with E-state index >= 15 is 0 Å². The predicted molar refractivity (Wildman–Crippen MR) is 69.2 cm³/mol. The van der Waals surface area contributed by atoms with Crippen LogP contribution in [0.15, 0.2) is 12.2 Å². The summed E-state index contributed by atoms with van der Waals surface area (Å²) in [6.07, 6.45) is 0. The van der Waals surface area contributed by atoms with Crippen LogP contribution >= 0.6 is 0 Å². The van der Waals surface area contributed by atoms with E-state index in [0.29, 0.717) is 0 Å². The Kier molecular flexibility index (Phi) is 7.71. The molecule has 0 aliphatic heterocycles. The predicted octanol–water partition coefficient (Wildman–Crippen LogP) is 2.38. The second-order valence-electron chi connectivity index (χ2n) is 5.26. The van der Waals surface area contributed by atoms with Crippen LogP contribution in [0.2, 0.25) is 0 Å². The van der Waals surface area contributed by atoms with E-state index in [1.807, 2.05) is 7.05 Å². The molecular weight excluding hydrogens is 184 g/mol. The lowest BCUT2D eigenvalue weighted by atomic mass is 10.1. The van der Waals surface area contributed by atoms with Crippen LogP contribution in [0.4, 0.5) is 0 Å². The van der Waals surface area contributed by atoms with Crippen molar-refractivity contribution in [2.24, 2.45) is 11.8 Å². The van der Waals surface area contributed by atoms with E-state index in [1.165, 1.54) is 18.7 Å². The fourth-order valence-corrected chi connectivity index (χ4v) is 1.86. The van der Waals surface area contributed by atoms with Crippen LogP contribution in [0, 0.1) is 11.8 Å². The lowest BCUT2D eigenvalue weighted by Gasteiger charge is -2.26. The minimum absolute atomic E-state index is 0.728. The van der Waals surface area contributed by atoms with Crippen LogP contribution in [-0.2, 0) is 0 Å². The first kappa shape index (κ1) is 14.7. The van der Waals surface area contributed by atoms with E-state index in [0.717, 1.165) is 24.9 Å². The zero-order valence-electron chi connectivity index (χ0n) is 11.1. The third-order valence-electron chi connectivity index (χ3n) is 2.12. The Morgan fingerprint density at radius 3 is 1.93 bits per heavy atom. The Bertz CT molecular complexity index is 163. The Hall–Kier alpha value is -0.340. The maximum absolute atomic E-state index is 4.09. The van der Waals surface area contributed by atoms with Gasteiger partial charge in [0.1, 0.15) is 0 Å². The quantitative estimate of drug-likeness (QED) is 0.621. The van der Waals surface area contributed by atoms with Gasteiger partial charge >= 0.3 is 0 Å². The molecule has 0 unspecified atom stereocenters. The molecule has 0 aromatic heterocycles. The summed E-state index contributed by atoms with van der Waals surface area (Å²) in [6.45, 7) is 17.5. The summed E-state index contributed by atoms with van der Waals surface area (Å²) >= 11 is 0. The van der Waals surface area contributed by atoms with Crippen molar-refractivity contribution in [3.05, 3.63) is 12.2 Å². The van der Waals surface area contributed by atoms with Crippen LogP contribution < -0.4 is 5.32 Å². The molecule has 2 nitrogen and oxygen atoms in total. The van der Waals surface area contributed by atoms with Crippen LogP contribution in [0.1, 0.15) is 27.7 Å². The second-order valence-corrected chi connectivity index (χ2v) is 5.26. The Balaban J connectivity index is 4.05. The zero-order chi connectivity index (χ0) is 11.8. The third-order valence-corrected chi connectivity index (χ3v) is 2.12. The lowest BCUT2D eigenvalue weighted by molar-refractivity contribution is 0.235. The lowest BCUT2D eigenvalue weighted by Crippen LogP contribution is -2.34. The average molecular weight is 212 g/mol. The number of hydrogen-bond donors (Lipinski definition) is 1. The first-order chi connectivity index (χ1) is 6.95. The number of rotatable bonds is 8. The summed E-state index contributed by atoms with van der Waals surface area (Å²) in [4.78, 5) is 2.51. The molecule has 0 saturated heterocycles. The van der Waals surface area contributed by atoms with Gasteiger partial charge in [-0.3, -0.25) is 4.90 Å². The van der Waals surface area contributed by atoms with Crippen LogP contribution in [0.25, 0.3) is 0 Å². The molecule has 2 heteroatoms. The Labute approximate surface area is 95.7 Å². The van der Waals surface area contributed by atoms with E-state index in [1.54, 1.807) is 0 Å². The van der Waals surface area contributed by atoms with Gasteiger partial charge in [-0.2, -0.15) is 0 Å². The molecule has 15 heavy (non-hydrogen) atoms. The fraction of sp³-hybridized carbons (Fsp3) is 0.846. The van der Waals surface area contributed by atoms with Gasteiger partial charge in [-0.05, 0) is 24.5 Å². The molecule has 0 bridgehead atoms. The average Bonchev–Trinajstić information content (AvgIpc) is 2.00. The first-order valence-electron chi connectivity index (χ1n) is 5.99. The van der Waals surface area contributed by atoms with E-state index in [-0.39, 0.29) is 0 Å². The van der Waals surface area contributed by atoms with Crippen LogP contribution in [0.3, 0.4) is 0 Å². The molecule has 0 radical (unpaired) electrons. The fourth-order valence-electron chi connectivity index (χ4n) is 1.86. The van der Waals surface area contributed by atoms with E-state index in [2.05, 4.69) is 44.5 Å². The third kappa shape index (κ3) is 8.64. The highest BCUT2D eigenvalue weighted by molar-refractivity contribution is 4.99. The second kappa shape index (κ2) is 7.89. The van der Waals surface area contributed by atoms with Gasteiger partial charge in [0, 0.05) is 26.2 Å². The molecule has 0 fully saturated rings. The summed E-state index contributed by atoms with van der Waals surface area (Å²) in [6, 6.07) is 0. The summed E-state index contributed by atoms with van der Waals surface area (Å²) in [7, 11) is 1.97. The van der Waals surface area contributed by atoms with Crippen LogP contribution in [-0.4, -0.2) is 38.1 Å². The standard InChI is InChI=1S/C13H28N2/c1-11(2)8-15(9-12(3)4)10-13(5)7-14-6/h11-12,14H,5,7-10H2,1-4,6H3. The molecule has 0 amide bonds. The van der Waals surface area contributed by atoms with Gasteiger partial charge in [0.15, 0.2) is 0 Å². The zero-order valence-corrected chi connectivity index (χ0v) is 11.1. The Morgan fingerprint density at radius 1 is 1.13 bits per heavy atom. The van der Waals surface area contributed by atoms with E-state index in [4.69, 9.17) is 0 Å². The molecule has 0 saturated carbocycles. The molecular formula is C13H28N2. The normalized spacial score (nSPS) is 11.7. The van der Waals surface area contributed by atoms with Crippen molar-refractivity contribution in [3.63, 3.8) is 0 Å². The summed E-state index contributed by atoms with van der Waals surface area (Å²) in [5, 5.41) is 3.15. The summed E-state index contributed by atoms with van der Waals surface area (Å²) < 4.78 is 0. The van der Waals surface area contributed by atoms with Crippen molar-refractivity contribution in [2.75, 3.05) is 33.2 Å². The van der Waals surface area contributed by atoms with Gasteiger partial charge < -0.3 is 5.32 Å². The topological polar surface area (TPSA) is 15.3 Å². The maximum atomic E-state index is 4.09. The van der Waals surface area contributed by atoms with Gasteiger partial charge in [0.25, 0.3) is 0 Å². The highest BCUT2D eigenvalue weighted by atomic mass is 15.1. The van der Waals surface area contributed by atoms with Gasteiger partial charge in [0.05, 0.1) is 0 Å². The number of likely N-dealkylation sites (N-methyl/N-ethyl adjacent to an activating group) is 1. The minimum atomic E-state index is 0.728. The Morgan fingerprint density at radius 2 is 1.60 bits per heavy atom. The molecule has 1 N–H and O–H groups in total. The monoisotopic (exact) mass is 212 g/mol. The number of nitrogens with one attached hydrogen (secondary N) is 1. The molecule has 0 spiro atoms. The minimum Gasteiger partial charge on any atom is -0.316 e. The van der Waals surface area contributed by atoms with Crippen molar-refractivity contribution in [3.8, 4) is 0 Å². The summed E-state index contributed by atoms with van der Waals surface area (Å²) in [5.74, 6) is 1.46. The molecule has 0 heterocycles. The van der Waals surface area contributed by atoms with E-state index < -0.39 is 0 Å². The molecule has 0 aromatic carbocycles. The number of nitrogens with zero attached hydrogens (tertiary/aromatic N) is 1. The maximum Gasteiger partial charge on any atom is 0.0203 e. The molecule has 90 valence electrons. The SMILES string of the molecule is C=C(CNC)CN(CC(C)C)CC(C)C. The van der Waals surface area contributed by atoms with Crippen molar-refractivity contribution in [1.29, 1.82) is 0 Å². The van der Waals surface area contributed by atoms with Crippen molar-refractivity contribution < 1.29 is 0 Å². The van der Waals surface area contributed by atoms with Crippen LogP contribution in [0.5, 0.6) is 0 Å². The first-order valence-corrected chi connectivity index (χ1v) is 5.99. The molecule has 0 atom stereocenters. The van der Waals surface area contributed by atoms with Gasteiger partial charge in [-0.1, -0.05) is 34.3 Å². The van der Waals surface area contributed by atoms with Gasteiger partial charge in [-0.15, -0.1) is 0 Å². The molecule has 0 aliphatic carbocycles. The van der Waals surface area contributed by atoms with Crippen molar-refractivity contribution >= 4 is 0 Å². The highest BCUT2D eigenvalue weighted by Crippen LogP contribution is 2.06. The molecule has 0 aromatic rings. The largest absolute Gasteiger partial charge is 0.316 e. The molecule has 0 aliphatic rings.